The van der Waals surface area contributed by atoms with Gasteiger partial charge < -0.3 is 14.4 Å². The molecular weight excluding hydrogens is 198 g/mol. The van der Waals surface area contributed by atoms with Crippen LogP contribution in [0.3, 0.4) is 0 Å². The topological polar surface area (TPSA) is 68.5 Å². The number of ketones is 1. The van der Waals surface area contributed by atoms with Crippen molar-refractivity contribution in [2.24, 2.45) is 0 Å². The molecule has 0 atom stereocenters. The zero-order valence-corrected chi connectivity index (χ0v) is 8.47. The predicted octanol–water partition coefficient (Wildman–Crippen LogP) is 0.226. The van der Waals surface area contributed by atoms with Crippen molar-refractivity contribution in [1.82, 2.24) is 4.57 Å². The van der Waals surface area contributed by atoms with E-state index in [0.29, 0.717) is 6.54 Å². The van der Waals surface area contributed by atoms with Gasteiger partial charge in [-0.05, 0) is 13.0 Å². The quantitative estimate of drug-likeness (QED) is 0.430. The number of nitrogens with zero attached hydrogens (tertiary/aromatic N) is 1. The zero-order valence-electron chi connectivity index (χ0n) is 8.47. The zero-order chi connectivity index (χ0) is 11.3. The van der Waals surface area contributed by atoms with E-state index in [2.05, 4.69) is 4.74 Å². The van der Waals surface area contributed by atoms with Crippen LogP contribution in [0.25, 0.3) is 0 Å². The van der Waals surface area contributed by atoms with Gasteiger partial charge in [-0.25, -0.2) is 4.79 Å². The van der Waals surface area contributed by atoms with Crippen molar-refractivity contribution in [2.75, 3.05) is 13.2 Å². The Labute approximate surface area is 87.3 Å². The number of ether oxygens (including phenoxy) is 1. The van der Waals surface area contributed by atoms with Crippen molar-refractivity contribution < 1.29 is 19.4 Å². The summed E-state index contributed by atoms with van der Waals surface area (Å²) in [6.07, 6.45) is 3.14. The monoisotopic (exact) mass is 211 g/mol. The second-order valence-electron chi connectivity index (χ2n) is 2.91. The first-order valence-corrected chi connectivity index (χ1v) is 4.67. The molecule has 0 aliphatic carbocycles. The van der Waals surface area contributed by atoms with Crippen LogP contribution in [0, 0.1) is 0 Å². The lowest BCUT2D eigenvalue weighted by Gasteiger charge is -1.98. The number of hydrogen-bond acceptors (Lipinski definition) is 4. The van der Waals surface area contributed by atoms with Crippen LogP contribution in [0.5, 0.6) is 0 Å². The Morgan fingerprint density at radius 1 is 1.53 bits per heavy atom. The Morgan fingerprint density at radius 2 is 2.27 bits per heavy atom. The number of aromatic nitrogens is 1. The van der Waals surface area contributed by atoms with Gasteiger partial charge in [0.2, 0.25) is 0 Å². The first-order chi connectivity index (χ1) is 7.19. The van der Waals surface area contributed by atoms with E-state index in [1.54, 1.807) is 17.7 Å². The van der Waals surface area contributed by atoms with E-state index in [0.717, 1.165) is 0 Å². The number of aliphatic hydroxyl groups is 1. The van der Waals surface area contributed by atoms with Crippen LogP contribution in [0.15, 0.2) is 18.5 Å². The average Bonchev–Trinajstić information content (AvgIpc) is 2.66. The summed E-state index contributed by atoms with van der Waals surface area (Å²) in [5.41, 5.74) is 0.280. The maximum Gasteiger partial charge on any atom is 0.379 e. The first kappa shape index (κ1) is 11.5. The molecule has 0 aromatic carbocycles. The average molecular weight is 211 g/mol. The molecule has 0 radical (unpaired) electrons. The van der Waals surface area contributed by atoms with Crippen molar-refractivity contribution in [2.45, 2.75) is 13.5 Å². The summed E-state index contributed by atoms with van der Waals surface area (Å²) in [5, 5.41) is 8.66. The fourth-order valence-corrected chi connectivity index (χ4v) is 1.14. The predicted molar refractivity (Wildman–Crippen MR) is 52.5 cm³/mol. The van der Waals surface area contributed by atoms with Crippen LogP contribution in [0.2, 0.25) is 0 Å². The number of rotatable bonds is 5. The molecule has 5 nitrogen and oxygen atoms in total. The Morgan fingerprint density at radius 3 is 2.87 bits per heavy atom. The molecule has 0 fully saturated rings. The van der Waals surface area contributed by atoms with Crippen molar-refractivity contribution in [3.63, 3.8) is 0 Å². The van der Waals surface area contributed by atoms with Crippen LogP contribution in [-0.4, -0.2) is 34.6 Å². The molecule has 15 heavy (non-hydrogen) atoms. The molecule has 1 rings (SSSR count). The lowest BCUT2D eigenvalue weighted by atomic mass is 10.2. The van der Waals surface area contributed by atoms with E-state index >= 15 is 0 Å². The van der Waals surface area contributed by atoms with Gasteiger partial charge in [-0.3, -0.25) is 4.79 Å². The molecule has 0 aliphatic rings. The second-order valence-corrected chi connectivity index (χ2v) is 2.91. The Bertz CT molecular complexity index is 356. The summed E-state index contributed by atoms with van der Waals surface area (Å²) in [4.78, 5) is 22.5. The molecule has 0 saturated carbocycles. The Kier molecular flexibility index (Phi) is 4.05. The standard InChI is InChI=1S/C10H13NO4/c1-2-15-10(14)9(13)8-3-4-11(7-8)5-6-12/h3-4,7,12H,2,5-6H2,1H3. The number of Topliss-reactive ketones (excluding diaryl/α,β-unsaturated/α-hetero) is 1. The molecule has 1 N–H and O–H groups in total. The Hall–Kier alpha value is -1.62. The smallest absolute Gasteiger partial charge is 0.379 e. The minimum atomic E-state index is -0.848. The maximum atomic E-state index is 11.4. The maximum absolute atomic E-state index is 11.4. The van der Waals surface area contributed by atoms with Gasteiger partial charge in [-0.1, -0.05) is 0 Å². The molecule has 0 saturated heterocycles. The van der Waals surface area contributed by atoms with E-state index < -0.39 is 11.8 Å². The highest BCUT2D eigenvalue weighted by atomic mass is 16.5. The normalized spacial score (nSPS) is 10.0. The highest BCUT2D eigenvalue weighted by Crippen LogP contribution is 2.03. The van der Waals surface area contributed by atoms with E-state index in [-0.39, 0.29) is 18.8 Å². The third kappa shape index (κ3) is 2.92. The van der Waals surface area contributed by atoms with Gasteiger partial charge in [0, 0.05) is 24.5 Å². The molecule has 1 heterocycles. The van der Waals surface area contributed by atoms with Gasteiger partial charge in [0.15, 0.2) is 0 Å². The summed E-state index contributed by atoms with van der Waals surface area (Å²) < 4.78 is 6.21. The second kappa shape index (κ2) is 5.31. The third-order valence-corrected chi connectivity index (χ3v) is 1.83. The highest BCUT2D eigenvalue weighted by molar-refractivity contribution is 6.40. The minimum absolute atomic E-state index is 0.0122. The number of esters is 1. The van der Waals surface area contributed by atoms with Gasteiger partial charge in [0.1, 0.15) is 0 Å². The summed E-state index contributed by atoms with van der Waals surface area (Å²) in [7, 11) is 0. The Balaban J connectivity index is 2.69. The summed E-state index contributed by atoms with van der Waals surface area (Å²) >= 11 is 0. The molecule has 0 unspecified atom stereocenters. The highest BCUT2D eigenvalue weighted by Gasteiger charge is 2.17. The molecule has 1 aromatic heterocycles. The first-order valence-electron chi connectivity index (χ1n) is 4.67. The molecule has 0 bridgehead atoms. The van der Waals surface area contributed by atoms with Gasteiger partial charge in [0.05, 0.1) is 13.2 Å². The van der Waals surface area contributed by atoms with E-state index in [4.69, 9.17) is 5.11 Å². The molecule has 5 heteroatoms. The van der Waals surface area contributed by atoms with Gasteiger partial charge in [-0.15, -0.1) is 0 Å². The molecular formula is C10H13NO4. The van der Waals surface area contributed by atoms with E-state index in [1.807, 2.05) is 0 Å². The summed E-state index contributed by atoms with van der Waals surface area (Å²) in [6, 6.07) is 1.52. The number of carbonyl (C=O) groups excluding carboxylic acids is 2. The van der Waals surface area contributed by atoms with Crippen molar-refractivity contribution in [1.29, 1.82) is 0 Å². The molecule has 0 spiro atoms. The molecule has 82 valence electrons. The van der Waals surface area contributed by atoms with Gasteiger partial charge in [-0.2, -0.15) is 0 Å². The summed E-state index contributed by atoms with van der Waals surface area (Å²) in [6.45, 7) is 2.21. The van der Waals surface area contributed by atoms with Crippen LogP contribution in [0.4, 0.5) is 0 Å². The molecule has 1 aromatic rings. The van der Waals surface area contributed by atoms with Crippen molar-refractivity contribution >= 4 is 11.8 Å². The third-order valence-electron chi connectivity index (χ3n) is 1.83. The van der Waals surface area contributed by atoms with Crippen LogP contribution in [0.1, 0.15) is 17.3 Å². The van der Waals surface area contributed by atoms with Crippen LogP contribution < -0.4 is 0 Å². The van der Waals surface area contributed by atoms with Crippen LogP contribution >= 0.6 is 0 Å². The fourth-order valence-electron chi connectivity index (χ4n) is 1.14. The van der Waals surface area contributed by atoms with Gasteiger partial charge in [0.25, 0.3) is 5.78 Å². The van der Waals surface area contributed by atoms with Crippen molar-refractivity contribution in [3.05, 3.63) is 24.0 Å². The summed E-state index contributed by atoms with van der Waals surface area (Å²) in [5.74, 6) is -1.51. The SMILES string of the molecule is CCOC(=O)C(=O)c1ccn(CCO)c1. The van der Waals surface area contributed by atoms with E-state index in [1.165, 1.54) is 12.3 Å². The van der Waals surface area contributed by atoms with Crippen LogP contribution in [-0.2, 0) is 16.1 Å². The molecule has 0 aliphatic heterocycles. The largest absolute Gasteiger partial charge is 0.460 e. The molecule has 0 amide bonds. The van der Waals surface area contributed by atoms with Crippen molar-refractivity contribution in [3.8, 4) is 0 Å². The lowest BCUT2D eigenvalue weighted by molar-refractivity contribution is -0.137. The number of carbonyl (C=O) groups is 2. The lowest BCUT2D eigenvalue weighted by Crippen LogP contribution is -2.17. The minimum Gasteiger partial charge on any atom is -0.460 e. The number of hydrogen-bond donors (Lipinski definition) is 1. The fraction of sp³-hybridized carbons (Fsp3) is 0.400. The van der Waals surface area contributed by atoms with E-state index in [9.17, 15) is 9.59 Å². The number of aliphatic hydroxyl groups excluding tert-OH is 1. The van der Waals surface area contributed by atoms with Gasteiger partial charge >= 0.3 is 5.97 Å².